The SMILES string of the molecule is CNC1CN=C(OC(F)(F)F)C=C(OC)N1. The molecule has 16 heavy (non-hydrogen) atoms. The van der Waals surface area contributed by atoms with E-state index in [9.17, 15) is 13.2 Å². The Morgan fingerprint density at radius 3 is 2.75 bits per heavy atom. The second-order valence-corrected chi connectivity index (χ2v) is 2.93. The number of halogens is 3. The van der Waals surface area contributed by atoms with Gasteiger partial charge in [0.15, 0.2) is 5.88 Å². The molecule has 1 rings (SSSR count). The minimum atomic E-state index is -4.76. The van der Waals surface area contributed by atoms with E-state index in [0.717, 1.165) is 6.08 Å². The highest BCUT2D eigenvalue weighted by atomic mass is 19.4. The third-order valence-electron chi connectivity index (χ3n) is 1.79. The standard InChI is InChI=1S/C8H12F3N3O2/c1-12-5-4-13-6(16-8(9,10)11)3-7(14-5)15-2/h3,5,12,14H,4H2,1-2H3. The number of alkyl halides is 3. The molecule has 1 atom stereocenters. The molecule has 92 valence electrons. The molecule has 1 heterocycles. The minimum absolute atomic E-state index is 0.102. The van der Waals surface area contributed by atoms with Gasteiger partial charge in [0.1, 0.15) is 0 Å². The van der Waals surface area contributed by atoms with Crippen molar-refractivity contribution in [2.45, 2.75) is 12.5 Å². The second-order valence-electron chi connectivity index (χ2n) is 2.93. The van der Waals surface area contributed by atoms with Crippen molar-refractivity contribution in [1.29, 1.82) is 0 Å². The molecule has 0 bridgehead atoms. The molecule has 1 unspecified atom stereocenters. The van der Waals surface area contributed by atoms with Crippen LogP contribution < -0.4 is 10.6 Å². The van der Waals surface area contributed by atoms with Crippen LogP contribution in [0, 0.1) is 0 Å². The van der Waals surface area contributed by atoms with Gasteiger partial charge in [-0.25, -0.2) is 4.99 Å². The van der Waals surface area contributed by atoms with Crippen molar-refractivity contribution in [3.8, 4) is 0 Å². The molecule has 0 aromatic carbocycles. The number of hydrogen-bond donors (Lipinski definition) is 2. The Kier molecular flexibility index (Phi) is 3.99. The van der Waals surface area contributed by atoms with Crippen LogP contribution in [-0.2, 0) is 9.47 Å². The van der Waals surface area contributed by atoms with E-state index in [4.69, 9.17) is 4.74 Å². The van der Waals surface area contributed by atoms with Crippen LogP contribution in [0.1, 0.15) is 0 Å². The quantitative estimate of drug-likeness (QED) is 0.739. The lowest BCUT2D eigenvalue weighted by molar-refractivity contribution is -0.282. The van der Waals surface area contributed by atoms with Gasteiger partial charge in [0, 0.05) is 0 Å². The van der Waals surface area contributed by atoms with Crippen LogP contribution >= 0.6 is 0 Å². The summed E-state index contributed by atoms with van der Waals surface area (Å²) in [4.78, 5) is 3.65. The largest absolute Gasteiger partial charge is 0.574 e. The number of likely N-dealkylation sites (N-methyl/N-ethyl adjacent to an activating group) is 1. The molecule has 5 nitrogen and oxygen atoms in total. The van der Waals surface area contributed by atoms with Crippen LogP contribution in [0.3, 0.4) is 0 Å². The van der Waals surface area contributed by atoms with Crippen molar-refractivity contribution >= 4 is 5.90 Å². The van der Waals surface area contributed by atoms with Crippen molar-refractivity contribution in [3.05, 3.63) is 12.0 Å². The van der Waals surface area contributed by atoms with E-state index < -0.39 is 12.3 Å². The Bertz CT molecular complexity index is 301. The zero-order chi connectivity index (χ0) is 12.2. The van der Waals surface area contributed by atoms with E-state index in [2.05, 4.69) is 20.4 Å². The smallest absolute Gasteiger partial charge is 0.482 e. The van der Waals surface area contributed by atoms with Crippen molar-refractivity contribution in [1.82, 2.24) is 10.6 Å². The molecule has 0 saturated heterocycles. The first kappa shape index (κ1) is 12.6. The number of aliphatic imine (C=N–C) groups is 1. The summed E-state index contributed by atoms with van der Waals surface area (Å²) in [5.74, 6) is -0.380. The zero-order valence-corrected chi connectivity index (χ0v) is 8.76. The normalized spacial score (nSPS) is 21.4. The Hall–Kier alpha value is -1.44. The molecule has 0 aromatic rings. The fourth-order valence-electron chi connectivity index (χ4n) is 1.06. The van der Waals surface area contributed by atoms with Crippen LogP contribution in [-0.4, -0.2) is 39.1 Å². The average molecular weight is 239 g/mol. The number of nitrogens with zero attached hydrogens (tertiary/aromatic N) is 1. The van der Waals surface area contributed by atoms with Crippen LogP contribution in [0.2, 0.25) is 0 Å². The first-order valence-electron chi connectivity index (χ1n) is 4.44. The van der Waals surface area contributed by atoms with Gasteiger partial charge >= 0.3 is 6.36 Å². The van der Waals surface area contributed by atoms with Crippen LogP contribution in [0.4, 0.5) is 13.2 Å². The van der Waals surface area contributed by atoms with Crippen molar-refractivity contribution in [2.75, 3.05) is 20.7 Å². The maximum absolute atomic E-state index is 12.0. The predicted molar refractivity (Wildman–Crippen MR) is 50.5 cm³/mol. The molecule has 0 aromatic heterocycles. The molecule has 0 spiro atoms. The molecule has 2 N–H and O–H groups in total. The summed E-state index contributed by atoms with van der Waals surface area (Å²) < 4.78 is 44.5. The summed E-state index contributed by atoms with van der Waals surface area (Å²) >= 11 is 0. The summed E-state index contributed by atoms with van der Waals surface area (Å²) in [7, 11) is 2.98. The van der Waals surface area contributed by atoms with Gasteiger partial charge in [-0.1, -0.05) is 0 Å². The molecule has 0 amide bonds. The number of nitrogens with one attached hydrogen (secondary N) is 2. The van der Waals surface area contributed by atoms with E-state index in [-0.39, 0.29) is 18.6 Å². The van der Waals surface area contributed by atoms with Crippen molar-refractivity contribution < 1.29 is 22.6 Å². The van der Waals surface area contributed by atoms with Gasteiger partial charge < -0.3 is 14.8 Å². The fraction of sp³-hybridized carbons (Fsp3) is 0.625. The number of hydrogen-bond acceptors (Lipinski definition) is 5. The highest BCUT2D eigenvalue weighted by molar-refractivity contribution is 5.88. The maximum Gasteiger partial charge on any atom is 0.574 e. The lowest BCUT2D eigenvalue weighted by atomic mass is 10.5. The summed E-state index contributed by atoms with van der Waals surface area (Å²) in [5, 5.41) is 5.61. The van der Waals surface area contributed by atoms with E-state index in [1.165, 1.54) is 7.11 Å². The third kappa shape index (κ3) is 3.97. The highest BCUT2D eigenvalue weighted by Gasteiger charge is 2.33. The number of methoxy groups -OCH3 is 1. The van der Waals surface area contributed by atoms with E-state index >= 15 is 0 Å². The molecule has 0 saturated carbocycles. The molecular weight excluding hydrogens is 227 g/mol. The molecule has 8 heteroatoms. The van der Waals surface area contributed by atoms with Gasteiger partial charge in [0.05, 0.1) is 25.9 Å². The van der Waals surface area contributed by atoms with Gasteiger partial charge in [-0.3, -0.25) is 5.32 Å². The Morgan fingerprint density at radius 2 is 2.25 bits per heavy atom. The first-order valence-corrected chi connectivity index (χ1v) is 4.44. The third-order valence-corrected chi connectivity index (χ3v) is 1.79. The summed E-state index contributed by atoms with van der Waals surface area (Å²) in [6, 6.07) is 0. The van der Waals surface area contributed by atoms with Crippen molar-refractivity contribution in [3.63, 3.8) is 0 Å². The summed E-state index contributed by atoms with van der Waals surface area (Å²) in [6.45, 7) is 0.102. The fourth-order valence-corrected chi connectivity index (χ4v) is 1.06. The molecule has 0 radical (unpaired) electrons. The van der Waals surface area contributed by atoms with Crippen LogP contribution in [0.15, 0.2) is 17.0 Å². The monoisotopic (exact) mass is 239 g/mol. The lowest BCUT2D eigenvalue weighted by Crippen LogP contribution is -2.41. The summed E-state index contributed by atoms with van der Waals surface area (Å²) in [6.07, 6.45) is -4.01. The maximum atomic E-state index is 12.0. The van der Waals surface area contributed by atoms with E-state index in [1.807, 2.05) is 0 Å². The van der Waals surface area contributed by atoms with E-state index in [1.54, 1.807) is 7.05 Å². The van der Waals surface area contributed by atoms with Gasteiger partial charge in [-0.2, -0.15) is 0 Å². The second kappa shape index (κ2) is 5.06. The minimum Gasteiger partial charge on any atom is -0.482 e. The van der Waals surface area contributed by atoms with E-state index in [0.29, 0.717) is 0 Å². The molecule has 0 aliphatic carbocycles. The predicted octanol–water partition coefficient (Wildman–Crippen LogP) is 0.558. The van der Waals surface area contributed by atoms with Crippen molar-refractivity contribution in [2.24, 2.45) is 4.99 Å². The Labute approximate surface area is 90.3 Å². The summed E-state index contributed by atoms with van der Waals surface area (Å²) in [5.41, 5.74) is 0. The van der Waals surface area contributed by atoms with Gasteiger partial charge in [-0.15, -0.1) is 13.2 Å². The first-order chi connectivity index (χ1) is 7.44. The molecule has 1 aliphatic heterocycles. The van der Waals surface area contributed by atoms with Crippen LogP contribution in [0.25, 0.3) is 0 Å². The highest BCUT2D eigenvalue weighted by Crippen LogP contribution is 2.18. The topological polar surface area (TPSA) is 54.9 Å². The molecule has 1 aliphatic rings. The van der Waals surface area contributed by atoms with Gasteiger partial charge in [0.2, 0.25) is 5.90 Å². The number of rotatable bonds is 2. The zero-order valence-electron chi connectivity index (χ0n) is 8.76. The lowest BCUT2D eigenvalue weighted by Gasteiger charge is -2.16. The van der Waals surface area contributed by atoms with Gasteiger partial charge in [-0.05, 0) is 7.05 Å². The average Bonchev–Trinajstić information content (AvgIpc) is 2.37. The molecular formula is C8H12F3N3O2. The molecule has 0 fully saturated rings. The number of ether oxygens (including phenoxy) is 2. The van der Waals surface area contributed by atoms with Crippen LogP contribution in [0.5, 0.6) is 0 Å². The Morgan fingerprint density at radius 1 is 1.56 bits per heavy atom. The Balaban J connectivity index is 2.78. The van der Waals surface area contributed by atoms with Gasteiger partial charge in [0.25, 0.3) is 0 Å².